The highest BCUT2D eigenvalue weighted by Crippen LogP contribution is 2.25. The average molecular weight is 342 g/mol. The summed E-state index contributed by atoms with van der Waals surface area (Å²) in [5.74, 6) is 0.839. The van der Waals surface area contributed by atoms with Crippen LogP contribution in [0.25, 0.3) is 11.4 Å². The molecule has 0 radical (unpaired) electrons. The molecule has 0 spiro atoms. The number of hydrogen-bond acceptors (Lipinski definition) is 5. The van der Waals surface area contributed by atoms with Gasteiger partial charge in [0, 0.05) is 29.6 Å². The number of aromatic nitrogens is 2. The first-order chi connectivity index (χ1) is 11.8. The third-order valence-corrected chi connectivity index (χ3v) is 4.11. The lowest BCUT2D eigenvalue weighted by atomic mass is 9.97. The SMILES string of the molecule is CC(C)(C)c1nc(-c2ccc(NC(=O)[C@H]3CCC(=O)NC3)cc2)no1. The highest BCUT2D eigenvalue weighted by Gasteiger charge is 2.25. The van der Waals surface area contributed by atoms with E-state index in [4.69, 9.17) is 4.52 Å². The van der Waals surface area contributed by atoms with E-state index in [1.165, 1.54) is 0 Å². The lowest BCUT2D eigenvalue weighted by Crippen LogP contribution is -2.40. The first kappa shape index (κ1) is 17.1. The molecule has 1 aliphatic heterocycles. The van der Waals surface area contributed by atoms with Crippen molar-refractivity contribution in [1.82, 2.24) is 15.5 Å². The van der Waals surface area contributed by atoms with Gasteiger partial charge < -0.3 is 15.2 Å². The minimum absolute atomic E-state index is 0.00291. The number of rotatable bonds is 3. The third kappa shape index (κ3) is 4.04. The van der Waals surface area contributed by atoms with Crippen LogP contribution in [0.4, 0.5) is 5.69 Å². The van der Waals surface area contributed by atoms with Gasteiger partial charge in [0.15, 0.2) is 0 Å². The Kier molecular flexibility index (Phi) is 4.57. The molecule has 1 atom stereocenters. The number of carbonyl (C=O) groups excluding carboxylic acids is 2. The predicted octanol–water partition coefficient (Wildman–Crippen LogP) is 2.50. The molecule has 25 heavy (non-hydrogen) atoms. The summed E-state index contributed by atoms with van der Waals surface area (Å²) in [4.78, 5) is 27.8. The molecular formula is C18H22N4O3. The number of nitrogens with one attached hydrogen (secondary N) is 2. The maximum atomic E-state index is 12.2. The quantitative estimate of drug-likeness (QED) is 0.893. The number of carbonyl (C=O) groups is 2. The van der Waals surface area contributed by atoms with E-state index in [2.05, 4.69) is 20.8 Å². The van der Waals surface area contributed by atoms with Gasteiger partial charge in [-0.05, 0) is 30.7 Å². The van der Waals surface area contributed by atoms with Crippen molar-refractivity contribution in [1.29, 1.82) is 0 Å². The molecule has 0 unspecified atom stereocenters. The van der Waals surface area contributed by atoms with E-state index in [1.807, 2.05) is 45.0 Å². The van der Waals surface area contributed by atoms with Gasteiger partial charge in [0.05, 0.1) is 5.92 Å². The Balaban J connectivity index is 1.65. The zero-order valence-electron chi connectivity index (χ0n) is 14.6. The van der Waals surface area contributed by atoms with Crippen molar-refractivity contribution in [3.63, 3.8) is 0 Å². The van der Waals surface area contributed by atoms with E-state index in [0.717, 1.165) is 5.56 Å². The third-order valence-electron chi connectivity index (χ3n) is 4.11. The second kappa shape index (κ2) is 6.66. The van der Waals surface area contributed by atoms with Crippen LogP contribution in [-0.4, -0.2) is 28.5 Å². The molecule has 1 aromatic carbocycles. The minimum atomic E-state index is -0.200. The Bertz CT molecular complexity index is 764. The molecule has 0 bridgehead atoms. The Morgan fingerprint density at radius 3 is 2.56 bits per heavy atom. The molecule has 0 saturated carbocycles. The fourth-order valence-corrected chi connectivity index (χ4v) is 2.55. The van der Waals surface area contributed by atoms with E-state index in [-0.39, 0.29) is 23.1 Å². The van der Waals surface area contributed by atoms with Gasteiger partial charge in [-0.3, -0.25) is 9.59 Å². The van der Waals surface area contributed by atoms with E-state index < -0.39 is 0 Å². The molecule has 2 aromatic rings. The number of hydrogen-bond donors (Lipinski definition) is 2. The monoisotopic (exact) mass is 342 g/mol. The van der Waals surface area contributed by atoms with Crippen molar-refractivity contribution in [2.45, 2.75) is 39.0 Å². The van der Waals surface area contributed by atoms with E-state index in [1.54, 1.807) is 0 Å². The van der Waals surface area contributed by atoms with E-state index in [0.29, 0.717) is 36.8 Å². The molecule has 2 heterocycles. The topological polar surface area (TPSA) is 97.1 Å². The molecule has 7 heteroatoms. The molecular weight excluding hydrogens is 320 g/mol. The van der Waals surface area contributed by atoms with Gasteiger partial charge in [0.2, 0.25) is 23.5 Å². The summed E-state index contributed by atoms with van der Waals surface area (Å²) in [5.41, 5.74) is 1.32. The van der Waals surface area contributed by atoms with Crippen LogP contribution in [0.15, 0.2) is 28.8 Å². The van der Waals surface area contributed by atoms with Crippen molar-refractivity contribution in [2.75, 3.05) is 11.9 Å². The molecule has 7 nitrogen and oxygen atoms in total. The molecule has 2 amide bonds. The minimum Gasteiger partial charge on any atom is -0.355 e. The summed E-state index contributed by atoms with van der Waals surface area (Å²) in [6.07, 6.45) is 0.971. The second-order valence-electron chi connectivity index (χ2n) is 7.28. The second-order valence-corrected chi connectivity index (χ2v) is 7.28. The summed E-state index contributed by atoms with van der Waals surface area (Å²) in [5, 5.41) is 9.61. The summed E-state index contributed by atoms with van der Waals surface area (Å²) < 4.78 is 5.30. The van der Waals surface area contributed by atoms with E-state index >= 15 is 0 Å². The van der Waals surface area contributed by atoms with Gasteiger partial charge in [-0.15, -0.1) is 0 Å². The number of amides is 2. The zero-order chi connectivity index (χ0) is 18.0. The van der Waals surface area contributed by atoms with Gasteiger partial charge in [-0.1, -0.05) is 25.9 Å². The van der Waals surface area contributed by atoms with Crippen LogP contribution in [0, 0.1) is 5.92 Å². The summed E-state index contributed by atoms with van der Waals surface area (Å²) in [7, 11) is 0. The molecule has 3 rings (SSSR count). The zero-order valence-corrected chi connectivity index (χ0v) is 14.6. The van der Waals surface area contributed by atoms with Gasteiger partial charge in [-0.25, -0.2) is 0 Å². The van der Waals surface area contributed by atoms with Crippen LogP contribution in [0.2, 0.25) is 0 Å². The molecule has 1 aromatic heterocycles. The Morgan fingerprint density at radius 1 is 1.28 bits per heavy atom. The van der Waals surface area contributed by atoms with Crippen LogP contribution >= 0.6 is 0 Å². The molecule has 2 N–H and O–H groups in total. The Labute approximate surface area is 146 Å². The molecule has 1 fully saturated rings. The van der Waals surface area contributed by atoms with Crippen LogP contribution < -0.4 is 10.6 Å². The van der Waals surface area contributed by atoms with Crippen molar-refractivity contribution in [3.05, 3.63) is 30.2 Å². The number of benzene rings is 1. The highest BCUT2D eigenvalue weighted by molar-refractivity contribution is 5.94. The maximum absolute atomic E-state index is 12.2. The summed E-state index contributed by atoms with van der Waals surface area (Å²) in [6, 6.07) is 7.30. The molecule has 1 saturated heterocycles. The fraction of sp³-hybridized carbons (Fsp3) is 0.444. The normalized spacial score (nSPS) is 17.9. The van der Waals surface area contributed by atoms with Crippen molar-refractivity contribution < 1.29 is 14.1 Å². The van der Waals surface area contributed by atoms with Gasteiger partial charge in [0.25, 0.3) is 0 Å². The Hall–Kier alpha value is -2.70. The standard InChI is InChI=1S/C18H22N4O3/c1-18(2,3)17-21-15(22-25-17)11-4-7-13(8-5-11)20-16(24)12-6-9-14(23)19-10-12/h4-5,7-8,12H,6,9-10H2,1-3H3,(H,19,23)(H,20,24)/t12-/m0/s1. The van der Waals surface area contributed by atoms with Crippen LogP contribution in [0.5, 0.6) is 0 Å². The van der Waals surface area contributed by atoms with E-state index in [9.17, 15) is 9.59 Å². The van der Waals surface area contributed by atoms with Crippen LogP contribution in [0.1, 0.15) is 39.5 Å². The summed E-state index contributed by atoms with van der Waals surface area (Å²) >= 11 is 0. The first-order valence-electron chi connectivity index (χ1n) is 8.35. The van der Waals surface area contributed by atoms with Gasteiger partial charge in [-0.2, -0.15) is 4.98 Å². The van der Waals surface area contributed by atoms with Gasteiger partial charge in [0.1, 0.15) is 0 Å². The van der Waals surface area contributed by atoms with Crippen molar-refractivity contribution in [2.24, 2.45) is 5.92 Å². The number of nitrogens with zero attached hydrogens (tertiary/aromatic N) is 2. The maximum Gasteiger partial charge on any atom is 0.232 e. The smallest absolute Gasteiger partial charge is 0.232 e. The average Bonchev–Trinajstić information content (AvgIpc) is 3.06. The van der Waals surface area contributed by atoms with Crippen LogP contribution in [0.3, 0.4) is 0 Å². The molecule has 0 aliphatic carbocycles. The fourth-order valence-electron chi connectivity index (χ4n) is 2.55. The van der Waals surface area contributed by atoms with Crippen molar-refractivity contribution >= 4 is 17.5 Å². The predicted molar refractivity (Wildman–Crippen MR) is 92.8 cm³/mol. The van der Waals surface area contributed by atoms with Gasteiger partial charge >= 0.3 is 0 Å². The number of piperidine rings is 1. The van der Waals surface area contributed by atoms with Crippen molar-refractivity contribution in [3.8, 4) is 11.4 Å². The first-order valence-corrected chi connectivity index (χ1v) is 8.35. The summed E-state index contributed by atoms with van der Waals surface area (Å²) in [6.45, 7) is 6.42. The highest BCUT2D eigenvalue weighted by atomic mass is 16.5. The Morgan fingerprint density at radius 2 is 2.00 bits per heavy atom. The largest absolute Gasteiger partial charge is 0.355 e. The lowest BCUT2D eigenvalue weighted by molar-refractivity contribution is -0.126. The molecule has 132 valence electrons. The van der Waals surface area contributed by atoms with Crippen LogP contribution in [-0.2, 0) is 15.0 Å². The number of anilines is 1. The molecule has 1 aliphatic rings. The lowest BCUT2D eigenvalue weighted by Gasteiger charge is -2.21.